The van der Waals surface area contributed by atoms with Crippen molar-refractivity contribution in [1.82, 2.24) is 5.32 Å². The number of para-hydroxylation sites is 1. The Hall–Kier alpha value is -1.18. The zero-order valence-corrected chi connectivity index (χ0v) is 10.4. The fourth-order valence-electron chi connectivity index (χ4n) is 1.30. The Morgan fingerprint density at radius 3 is 2.88 bits per heavy atom. The predicted molar refractivity (Wildman–Crippen MR) is 66.8 cm³/mol. The van der Waals surface area contributed by atoms with E-state index in [9.17, 15) is 0 Å². The highest BCUT2D eigenvalue weighted by Gasteiger charge is 2.08. The quantitative estimate of drug-likeness (QED) is 0.770. The highest BCUT2D eigenvalue weighted by Crippen LogP contribution is 2.28. The van der Waals surface area contributed by atoms with Crippen LogP contribution in [0.1, 0.15) is 6.92 Å². The third-order valence-corrected chi connectivity index (χ3v) is 3.23. The number of nitrogens with zero attached hydrogens (tertiary/aromatic N) is 1. The van der Waals surface area contributed by atoms with Crippen LogP contribution in [-0.4, -0.2) is 25.4 Å². The third kappa shape index (κ3) is 3.76. The molecule has 0 saturated heterocycles. The molecule has 0 aliphatic rings. The summed E-state index contributed by atoms with van der Waals surface area (Å²) in [7, 11) is 1.66. The van der Waals surface area contributed by atoms with Gasteiger partial charge in [-0.3, -0.25) is 0 Å². The molecule has 16 heavy (non-hydrogen) atoms. The lowest BCUT2D eigenvalue weighted by molar-refractivity contribution is 0.405. The molecule has 1 aromatic carbocycles. The number of methoxy groups -OCH3 is 1. The summed E-state index contributed by atoms with van der Waals surface area (Å²) in [6, 6.07) is 9.97. The van der Waals surface area contributed by atoms with Gasteiger partial charge in [0, 0.05) is 10.6 Å². The van der Waals surface area contributed by atoms with Gasteiger partial charge in [-0.1, -0.05) is 19.1 Å². The third-order valence-electron chi connectivity index (χ3n) is 2.08. The molecule has 0 aromatic heterocycles. The number of benzene rings is 1. The minimum atomic E-state index is -0.111. The second kappa shape index (κ2) is 7.15. The lowest BCUT2D eigenvalue weighted by Gasteiger charge is -2.11. The average Bonchev–Trinajstić information content (AvgIpc) is 2.34. The molecule has 0 radical (unpaired) electrons. The summed E-state index contributed by atoms with van der Waals surface area (Å²) >= 11 is 1.63. The molecule has 3 nitrogen and oxygen atoms in total. The molecule has 0 fully saturated rings. The molecule has 0 spiro atoms. The van der Waals surface area contributed by atoms with E-state index in [4.69, 9.17) is 10.00 Å². The van der Waals surface area contributed by atoms with Gasteiger partial charge in [-0.25, -0.2) is 0 Å². The zero-order chi connectivity index (χ0) is 11.8. The molecule has 1 aromatic rings. The van der Waals surface area contributed by atoms with Gasteiger partial charge in [0.25, 0.3) is 0 Å². The van der Waals surface area contributed by atoms with Gasteiger partial charge in [0.15, 0.2) is 0 Å². The number of hydrogen-bond acceptors (Lipinski definition) is 4. The molecule has 4 heteroatoms. The monoisotopic (exact) mass is 236 g/mol. The first-order valence-electron chi connectivity index (χ1n) is 5.20. The van der Waals surface area contributed by atoms with Gasteiger partial charge in [0.2, 0.25) is 0 Å². The molecule has 0 heterocycles. The topological polar surface area (TPSA) is 45.0 Å². The van der Waals surface area contributed by atoms with Gasteiger partial charge in [-0.15, -0.1) is 11.8 Å². The predicted octanol–water partition coefficient (Wildman–Crippen LogP) is 2.29. The fraction of sp³-hybridized carbons (Fsp3) is 0.417. The van der Waals surface area contributed by atoms with Crippen LogP contribution in [0.2, 0.25) is 0 Å². The van der Waals surface area contributed by atoms with Crippen LogP contribution in [-0.2, 0) is 0 Å². The van der Waals surface area contributed by atoms with E-state index < -0.39 is 0 Å². The summed E-state index contributed by atoms with van der Waals surface area (Å²) in [5.74, 6) is 1.59. The van der Waals surface area contributed by atoms with Gasteiger partial charge in [0.1, 0.15) is 11.8 Å². The maximum absolute atomic E-state index is 8.90. The highest BCUT2D eigenvalue weighted by atomic mass is 32.2. The summed E-state index contributed by atoms with van der Waals surface area (Å²) in [6.45, 7) is 2.81. The van der Waals surface area contributed by atoms with Crippen molar-refractivity contribution >= 4 is 11.8 Å². The van der Waals surface area contributed by atoms with E-state index in [2.05, 4.69) is 11.4 Å². The first-order chi connectivity index (χ1) is 7.81. The molecule has 0 aliphatic carbocycles. The highest BCUT2D eigenvalue weighted by molar-refractivity contribution is 7.99. The van der Waals surface area contributed by atoms with Gasteiger partial charge >= 0.3 is 0 Å². The van der Waals surface area contributed by atoms with Gasteiger partial charge in [-0.05, 0) is 18.7 Å². The standard InChI is InChI=1S/C12H16N2OS/c1-3-14-10(8-13)9-16-12-7-5-4-6-11(12)15-2/h4-7,10,14H,3,9H2,1-2H3. The van der Waals surface area contributed by atoms with Crippen LogP contribution >= 0.6 is 11.8 Å². The number of hydrogen-bond donors (Lipinski definition) is 1. The van der Waals surface area contributed by atoms with Crippen molar-refractivity contribution in [3.05, 3.63) is 24.3 Å². The van der Waals surface area contributed by atoms with Gasteiger partial charge < -0.3 is 10.1 Å². The maximum atomic E-state index is 8.90. The molecular weight excluding hydrogens is 220 g/mol. The molecular formula is C12H16N2OS. The summed E-state index contributed by atoms with van der Waals surface area (Å²) in [5, 5.41) is 12.0. The summed E-state index contributed by atoms with van der Waals surface area (Å²) in [5.41, 5.74) is 0. The lowest BCUT2D eigenvalue weighted by atomic mass is 10.3. The minimum absolute atomic E-state index is 0.111. The number of nitrogens with one attached hydrogen (secondary N) is 1. The molecule has 0 amide bonds. The van der Waals surface area contributed by atoms with Gasteiger partial charge in [0.05, 0.1) is 13.2 Å². The largest absolute Gasteiger partial charge is 0.496 e. The van der Waals surface area contributed by atoms with Crippen molar-refractivity contribution in [3.8, 4) is 11.8 Å². The molecule has 1 N–H and O–H groups in total. The van der Waals surface area contributed by atoms with Crippen LogP contribution < -0.4 is 10.1 Å². The Balaban J connectivity index is 2.56. The molecule has 1 atom stereocenters. The van der Waals surface area contributed by atoms with Crippen LogP contribution in [0.5, 0.6) is 5.75 Å². The average molecular weight is 236 g/mol. The van der Waals surface area contributed by atoms with Crippen molar-refractivity contribution in [2.45, 2.75) is 17.9 Å². The lowest BCUT2D eigenvalue weighted by Crippen LogP contribution is -2.29. The van der Waals surface area contributed by atoms with E-state index in [0.29, 0.717) is 0 Å². The molecule has 1 unspecified atom stereocenters. The van der Waals surface area contributed by atoms with Crippen molar-refractivity contribution in [2.24, 2.45) is 0 Å². The van der Waals surface area contributed by atoms with Crippen LogP contribution in [0.25, 0.3) is 0 Å². The molecule has 1 rings (SSSR count). The van der Waals surface area contributed by atoms with E-state index in [1.54, 1.807) is 18.9 Å². The Kier molecular flexibility index (Phi) is 5.76. The SMILES string of the molecule is CCNC(C#N)CSc1ccccc1OC. The van der Waals surface area contributed by atoms with Crippen LogP contribution in [0, 0.1) is 11.3 Å². The van der Waals surface area contributed by atoms with Crippen LogP contribution in [0.3, 0.4) is 0 Å². The Bertz CT molecular complexity index is 362. The number of nitriles is 1. The van der Waals surface area contributed by atoms with Gasteiger partial charge in [-0.2, -0.15) is 5.26 Å². The molecule has 0 saturated carbocycles. The van der Waals surface area contributed by atoms with E-state index in [-0.39, 0.29) is 6.04 Å². The van der Waals surface area contributed by atoms with Crippen LogP contribution in [0.4, 0.5) is 0 Å². The normalized spacial score (nSPS) is 11.8. The summed E-state index contributed by atoms with van der Waals surface area (Å²) in [4.78, 5) is 1.07. The van der Waals surface area contributed by atoms with E-state index in [0.717, 1.165) is 22.9 Å². The summed E-state index contributed by atoms with van der Waals surface area (Å²) in [6.07, 6.45) is 0. The van der Waals surface area contributed by atoms with Crippen molar-refractivity contribution in [2.75, 3.05) is 19.4 Å². The van der Waals surface area contributed by atoms with Crippen molar-refractivity contribution < 1.29 is 4.74 Å². The molecule has 86 valence electrons. The van der Waals surface area contributed by atoms with E-state index in [1.165, 1.54) is 0 Å². The number of ether oxygens (including phenoxy) is 1. The Labute approximate surface area is 101 Å². The van der Waals surface area contributed by atoms with E-state index in [1.807, 2.05) is 31.2 Å². The fourth-order valence-corrected chi connectivity index (χ4v) is 2.31. The van der Waals surface area contributed by atoms with E-state index >= 15 is 0 Å². The smallest absolute Gasteiger partial charge is 0.132 e. The second-order valence-corrected chi connectivity index (χ2v) is 4.26. The van der Waals surface area contributed by atoms with Crippen molar-refractivity contribution in [3.63, 3.8) is 0 Å². The number of rotatable bonds is 6. The minimum Gasteiger partial charge on any atom is -0.496 e. The first kappa shape index (κ1) is 12.9. The second-order valence-electron chi connectivity index (χ2n) is 3.20. The zero-order valence-electron chi connectivity index (χ0n) is 9.56. The Morgan fingerprint density at radius 2 is 2.25 bits per heavy atom. The van der Waals surface area contributed by atoms with Crippen LogP contribution in [0.15, 0.2) is 29.2 Å². The van der Waals surface area contributed by atoms with Crippen molar-refractivity contribution in [1.29, 1.82) is 5.26 Å². The molecule has 0 bridgehead atoms. The first-order valence-corrected chi connectivity index (χ1v) is 6.19. The molecule has 0 aliphatic heterocycles. The summed E-state index contributed by atoms with van der Waals surface area (Å²) < 4.78 is 5.25. The Morgan fingerprint density at radius 1 is 1.50 bits per heavy atom. The number of thioether (sulfide) groups is 1. The maximum Gasteiger partial charge on any atom is 0.132 e.